The Morgan fingerprint density at radius 3 is 2.75 bits per heavy atom. The molecule has 0 unspecified atom stereocenters. The molecule has 0 aliphatic carbocycles. The number of anilines is 2. The third kappa shape index (κ3) is 3.08. The maximum Gasteiger partial charge on any atom is 0.258 e. The summed E-state index contributed by atoms with van der Waals surface area (Å²) in [7, 11) is 0. The zero-order chi connectivity index (χ0) is 14.7. The van der Waals surface area contributed by atoms with Gasteiger partial charge in [-0.1, -0.05) is 11.6 Å². The largest absolute Gasteiger partial charge is 0.733 e. The number of rotatable bonds is 3. The average molecular weight is 276 g/mol. The molecule has 0 radical (unpaired) electrons. The number of pyridine rings is 1. The smallest absolute Gasteiger partial charge is 0.258 e. The Labute approximate surface area is 114 Å². The third-order valence-corrected chi connectivity index (χ3v) is 2.57. The van der Waals surface area contributed by atoms with Gasteiger partial charge in [0.2, 0.25) is 0 Å². The Kier molecular flexibility index (Phi) is 3.92. The quantitative estimate of drug-likeness (QED) is 0.841. The number of carbonyl (C=O) groups excluding carboxylic acids is 1. The van der Waals surface area contributed by atoms with E-state index in [4.69, 9.17) is 5.21 Å². The predicted octanol–water partition coefficient (Wildman–Crippen LogP) is 2.47. The second kappa shape index (κ2) is 5.64. The SMILES string of the molecule is Cc1ccc(N([O-])O)c(C(=O)Nc2ccc(F)cn2)c1. The fourth-order valence-corrected chi connectivity index (χ4v) is 1.63. The van der Waals surface area contributed by atoms with Gasteiger partial charge in [-0.3, -0.25) is 10.0 Å². The minimum Gasteiger partial charge on any atom is -0.733 e. The lowest BCUT2D eigenvalue weighted by Crippen LogP contribution is -2.18. The van der Waals surface area contributed by atoms with Crippen molar-refractivity contribution in [3.05, 3.63) is 58.7 Å². The molecule has 1 aromatic heterocycles. The second-order valence-corrected chi connectivity index (χ2v) is 4.11. The van der Waals surface area contributed by atoms with Gasteiger partial charge in [-0.2, -0.15) is 0 Å². The number of carbonyl (C=O) groups is 1. The monoisotopic (exact) mass is 276 g/mol. The van der Waals surface area contributed by atoms with Crippen LogP contribution in [0.25, 0.3) is 0 Å². The topological polar surface area (TPSA) is 88.5 Å². The summed E-state index contributed by atoms with van der Waals surface area (Å²) in [4.78, 5) is 15.7. The first-order valence-electron chi connectivity index (χ1n) is 5.67. The Morgan fingerprint density at radius 2 is 2.15 bits per heavy atom. The molecule has 0 spiro atoms. The van der Waals surface area contributed by atoms with Crippen molar-refractivity contribution in [1.29, 1.82) is 0 Å². The van der Waals surface area contributed by atoms with Crippen LogP contribution in [-0.4, -0.2) is 16.1 Å². The van der Waals surface area contributed by atoms with Crippen molar-refractivity contribution in [3.8, 4) is 0 Å². The van der Waals surface area contributed by atoms with Gasteiger partial charge in [0.15, 0.2) is 0 Å². The van der Waals surface area contributed by atoms with E-state index in [0.29, 0.717) is 0 Å². The number of amides is 1. The lowest BCUT2D eigenvalue weighted by atomic mass is 10.1. The maximum absolute atomic E-state index is 12.7. The zero-order valence-electron chi connectivity index (χ0n) is 10.5. The van der Waals surface area contributed by atoms with Crippen LogP contribution >= 0.6 is 0 Å². The molecule has 2 rings (SSSR count). The van der Waals surface area contributed by atoms with E-state index in [1.54, 1.807) is 13.0 Å². The van der Waals surface area contributed by atoms with Gasteiger partial charge in [0.1, 0.15) is 11.6 Å². The molecule has 0 aliphatic heterocycles. The average Bonchev–Trinajstić information content (AvgIpc) is 2.41. The molecule has 0 saturated carbocycles. The van der Waals surface area contributed by atoms with Crippen molar-refractivity contribution in [2.24, 2.45) is 0 Å². The van der Waals surface area contributed by atoms with E-state index in [2.05, 4.69) is 10.3 Å². The van der Waals surface area contributed by atoms with Crippen molar-refractivity contribution in [1.82, 2.24) is 4.98 Å². The van der Waals surface area contributed by atoms with Gasteiger partial charge >= 0.3 is 0 Å². The maximum atomic E-state index is 12.7. The van der Waals surface area contributed by atoms with Gasteiger partial charge in [-0.25, -0.2) is 9.37 Å². The summed E-state index contributed by atoms with van der Waals surface area (Å²) in [6.45, 7) is 1.74. The lowest BCUT2D eigenvalue weighted by Gasteiger charge is -2.24. The van der Waals surface area contributed by atoms with Crippen LogP contribution in [0.3, 0.4) is 0 Å². The van der Waals surface area contributed by atoms with Gasteiger partial charge in [0.25, 0.3) is 5.91 Å². The Bertz CT molecular complexity index is 629. The van der Waals surface area contributed by atoms with Gasteiger partial charge in [-0.05, 0) is 31.2 Å². The van der Waals surface area contributed by atoms with Crippen LogP contribution in [0.2, 0.25) is 0 Å². The molecule has 2 N–H and O–H groups in total. The van der Waals surface area contributed by atoms with Crippen LogP contribution < -0.4 is 10.5 Å². The highest BCUT2D eigenvalue weighted by Crippen LogP contribution is 2.21. The summed E-state index contributed by atoms with van der Waals surface area (Å²) < 4.78 is 12.7. The number of hydrogen-bond donors (Lipinski definition) is 2. The number of halogens is 1. The summed E-state index contributed by atoms with van der Waals surface area (Å²) in [6, 6.07) is 6.80. The van der Waals surface area contributed by atoms with Crippen LogP contribution in [0.5, 0.6) is 0 Å². The van der Waals surface area contributed by atoms with E-state index in [0.717, 1.165) is 17.8 Å². The highest BCUT2D eigenvalue weighted by molar-refractivity contribution is 6.07. The molecule has 1 amide bonds. The van der Waals surface area contributed by atoms with E-state index < -0.39 is 11.7 Å². The molecule has 7 heteroatoms. The first-order valence-corrected chi connectivity index (χ1v) is 5.67. The van der Waals surface area contributed by atoms with Crippen LogP contribution in [-0.2, 0) is 0 Å². The molecule has 0 atom stereocenters. The summed E-state index contributed by atoms with van der Waals surface area (Å²) in [5, 5.41) is 22.0. The Hall–Kier alpha value is -2.51. The molecule has 20 heavy (non-hydrogen) atoms. The minimum atomic E-state index is -0.627. The summed E-state index contributed by atoms with van der Waals surface area (Å²) in [5.41, 5.74) is 0.552. The molecule has 0 fully saturated rings. The highest BCUT2D eigenvalue weighted by Gasteiger charge is 2.13. The van der Waals surface area contributed by atoms with Crippen LogP contribution in [0.1, 0.15) is 15.9 Å². The van der Waals surface area contributed by atoms with Crippen LogP contribution in [0.4, 0.5) is 15.9 Å². The molecule has 6 nitrogen and oxygen atoms in total. The fraction of sp³-hybridized carbons (Fsp3) is 0.0769. The number of benzene rings is 1. The molecule has 1 aromatic carbocycles. The first kappa shape index (κ1) is 13.9. The number of nitrogens with one attached hydrogen (secondary N) is 1. The molecule has 104 valence electrons. The lowest BCUT2D eigenvalue weighted by molar-refractivity contribution is 0.102. The molecule has 0 saturated heterocycles. The first-order chi connectivity index (χ1) is 9.47. The van der Waals surface area contributed by atoms with Gasteiger partial charge < -0.3 is 15.8 Å². The van der Waals surface area contributed by atoms with Gasteiger partial charge in [0.05, 0.1) is 17.4 Å². The van der Waals surface area contributed by atoms with Crippen LogP contribution in [0, 0.1) is 17.9 Å². The van der Waals surface area contributed by atoms with E-state index in [9.17, 15) is 14.4 Å². The standard InChI is InChI=1S/C13H11FN3O3/c1-8-2-4-11(17(19)20)10(6-8)13(18)16-12-5-3-9(14)7-15-12/h2-7,19H,1H3,(H,15,16,18)/q-1. The van der Waals surface area contributed by atoms with Crippen molar-refractivity contribution in [2.75, 3.05) is 10.5 Å². The van der Waals surface area contributed by atoms with Crippen molar-refractivity contribution in [3.63, 3.8) is 0 Å². The zero-order valence-corrected chi connectivity index (χ0v) is 10.5. The molecule has 0 bridgehead atoms. The number of hydrogen-bond acceptors (Lipinski definition) is 5. The van der Waals surface area contributed by atoms with Crippen molar-refractivity contribution < 1.29 is 14.4 Å². The van der Waals surface area contributed by atoms with E-state index in [1.165, 1.54) is 18.2 Å². The molecular formula is C13H11FN3O3-. The van der Waals surface area contributed by atoms with Gasteiger partial charge in [-0.15, -0.1) is 0 Å². The second-order valence-electron chi connectivity index (χ2n) is 4.11. The fourth-order valence-electron chi connectivity index (χ4n) is 1.63. The summed E-state index contributed by atoms with van der Waals surface area (Å²) >= 11 is 0. The normalized spacial score (nSPS) is 10.2. The number of aryl methyl sites for hydroxylation is 1. The Morgan fingerprint density at radius 1 is 1.40 bits per heavy atom. The van der Waals surface area contributed by atoms with Crippen molar-refractivity contribution in [2.45, 2.75) is 6.92 Å². The minimum absolute atomic E-state index is 0.00590. The Balaban J connectivity index is 2.28. The third-order valence-electron chi connectivity index (χ3n) is 2.57. The van der Waals surface area contributed by atoms with Crippen molar-refractivity contribution >= 4 is 17.4 Å². The summed E-state index contributed by atoms with van der Waals surface area (Å²) in [5.74, 6) is -1.02. The van der Waals surface area contributed by atoms with Crippen LogP contribution in [0.15, 0.2) is 36.5 Å². The molecular weight excluding hydrogens is 265 g/mol. The van der Waals surface area contributed by atoms with E-state index in [1.807, 2.05) is 0 Å². The van der Waals surface area contributed by atoms with Gasteiger partial charge in [0, 0.05) is 0 Å². The number of aromatic nitrogens is 1. The summed E-state index contributed by atoms with van der Waals surface area (Å²) in [6.07, 6.45) is 0.957. The van der Waals surface area contributed by atoms with E-state index >= 15 is 0 Å². The molecule has 0 aliphatic rings. The highest BCUT2D eigenvalue weighted by atomic mass is 19.1. The molecule has 2 aromatic rings. The predicted molar refractivity (Wildman–Crippen MR) is 71.0 cm³/mol. The van der Waals surface area contributed by atoms with E-state index in [-0.39, 0.29) is 22.3 Å². The molecule has 1 heterocycles. The number of nitrogens with zero attached hydrogens (tertiary/aromatic N) is 2.